The van der Waals surface area contributed by atoms with Crippen LogP contribution in [0.3, 0.4) is 0 Å². The van der Waals surface area contributed by atoms with E-state index in [1.807, 2.05) is 11.8 Å². The molecular formula is C15H21F3IN3S. The molecule has 1 atom stereocenters. The quantitative estimate of drug-likeness (QED) is 0.409. The number of alkyl halides is 3. The smallest absolute Gasteiger partial charge is 0.370 e. The van der Waals surface area contributed by atoms with Crippen LogP contribution in [-0.2, 0) is 12.7 Å². The average molecular weight is 459 g/mol. The molecule has 2 rings (SSSR count). The second-order valence-corrected chi connectivity index (χ2v) is 6.51. The van der Waals surface area contributed by atoms with E-state index >= 15 is 0 Å². The molecule has 1 saturated heterocycles. The number of thioether (sulfide) groups is 1. The number of aliphatic imine (C=N–C) groups is 1. The number of nitrogens with two attached hydrogens (primary N) is 1. The lowest BCUT2D eigenvalue weighted by molar-refractivity contribution is -0.137. The summed E-state index contributed by atoms with van der Waals surface area (Å²) in [6.07, 6.45) is -1.93. The second kappa shape index (κ2) is 9.61. The van der Waals surface area contributed by atoms with Crippen LogP contribution in [0.4, 0.5) is 13.2 Å². The molecule has 1 fully saturated rings. The minimum absolute atomic E-state index is 0. The fraction of sp³-hybridized carbons (Fsp3) is 0.533. The van der Waals surface area contributed by atoms with Gasteiger partial charge in [-0.25, -0.2) is 4.99 Å². The van der Waals surface area contributed by atoms with Gasteiger partial charge in [0.2, 0.25) is 0 Å². The van der Waals surface area contributed by atoms with Gasteiger partial charge in [0.15, 0.2) is 5.96 Å². The average Bonchev–Trinajstić information content (AvgIpc) is 2.51. The van der Waals surface area contributed by atoms with Crippen LogP contribution >= 0.6 is 35.7 Å². The Hall–Kier alpha value is -0.640. The van der Waals surface area contributed by atoms with Crippen molar-refractivity contribution in [1.29, 1.82) is 0 Å². The minimum Gasteiger partial charge on any atom is -0.370 e. The van der Waals surface area contributed by atoms with Crippen molar-refractivity contribution in [3.8, 4) is 0 Å². The highest BCUT2D eigenvalue weighted by Crippen LogP contribution is 2.29. The van der Waals surface area contributed by atoms with Crippen LogP contribution in [0.15, 0.2) is 29.3 Å². The first-order valence-electron chi connectivity index (χ1n) is 7.23. The maximum atomic E-state index is 12.6. The second-order valence-electron chi connectivity index (χ2n) is 5.36. The summed E-state index contributed by atoms with van der Waals surface area (Å²) >= 11 is 1.94. The van der Waals surface area contributed by atoms with Gasteiger partial charge >= 0.3 is 6.18 Å². The van der Waals surface area contributed by atoms with E-state index in [-0.39, 0.29) is 36.5 Å². The van der Waals surface area contributed by atoms with E-state index in [9.17, 15) is 13.2 Å². The molecule has 0 aromatic heterocycles. The first kappa shape index (κ1) is 20.4. The Morgan fingerprint density at radius 1 is 1.39 bits per heavy atom. The Bertz CT molecular complexity index is 517. The number of benzene rings is 1. The van der Waals surface area contributed by atoms with E-state index in [0.29, 0.717) is 11.5 Å². The molecule has 1 aliphatic heterocycles. The van der Waals surface area contributed by atoms with Gasteiger partial charge in [-0.15, -0.1) is 24.0 Å². The molecule has 0 spiro atoms. The van der Waals surface area contributed by atoms with Gasteiger partial charge in [0.1, 0.15) is 0 Å². The van der Waals surface area contributed by atoms with Crippen molar-refractivity contribution < 1.29 is 13.2 Å². The molecule has 23 heavy (non-hydrogen) atoms. The van der Waals surface area contributed by atoms with E-state index in [0.717, 1.165) is 24.4 Å². The Morgan fingerprint density at radius 2 is 2.17 bits per heavy atom. The molecular weight excluding hydrogens is 438 g/mol. The number of hydrogen-bond acceptors (Lipinski definition) is 2. The van der Waals surface area contributed by atoms with Gasteiger partial charge in [0.25, 0.3) is 0 Å². The third-order valence-corrected chi connectivity index (χ3v) is 4.80. The molecule has 1 unspecified atom stereocenters. The van der Waals surface area contributed by atoms with E-state index in [1.165, 1.54) is 24.7 Å². The summed E-state index contributed by atoms with van der Waals surface area (Å²) in [5, 5.41) is 3.06. The van der Waals surface area contributed by atoms with Crippen LogP contribution in [-0.4, -0.2) is 24.0 Å². The first-order valence-corrected chi connectivity index (χ1v) is 8.38. The zero-order chi connectivity index (χ0) is 16.0. The molecule has 3 N–H and O–H groups in total. The molecule has 130 valence electrons. The van der Waals surface area contributed by atoms with Gasteiger partial charge in [-0.05, 0) is 48.0 Å². The van der Waals surface area contributed by atoms with Gasteiger partial charge in [0.05, 0.1) is 12.1 Å². The topological polar surface area (TPSA) is 50.4 Å². The Balaban J connectivity index is 0.00000264. The lowest BCUT2D eigenvalue weighted by Gasteiger charge is -2.21. The van der Waals surface area contributed by atoms with Crippen molar-refractivity contribution in [2.24, 2.45) is 16.6 Å². The van der Waals surface area contributed by atoms with Gasteiger partial charge < -0.3 is 11.1 Å². The van der Waals surface area contributed by atoms with Crippen molar-refractivity contribution in [1.82, 2.24) is 5.32 Å². The van der Waals surface area contributed by atoms with E-state index in [4.69, 9.17) is 5.73 Å². The molecule has 1 aromatic rings. The van der Waals surface area contributed by atoms with Crippen LogP contribution in [0.1, 0.15) is 24.0 Å². The highest BCUT2D eigenvalue weighted by molar-refractivity contribution is 14.0. The summed E-state index contributed by atoms with van der Waals surface area (Å²) in [6.45, 7) is 0.910. The highest BCUT2D eigenvalue weighted by atomic mass is 127. The molecule has 0 saturated carbocycles. The number of hydrogen-bond donors (Lipinski definition) is 2. The summed E-state index contributed by atoms with van der Waals surface area (Å²) < 4.78 is 37.9. The predicted molar refractivity (Wildman–Crippen MR) is 100 cm³/mol. The fourth-order valence-corrected chi connectivity index (χ4v) is 3.45. The molecule has 0 radical (unpaired) electrons. The van der Waals surface area contributed by atoms with Crippen LogP contribution in [0.2, 0.25) is 0 Å². The lowest BCUT2D eigenvalue weighted by atomic mass is 10.1. The Labute approximate surface area is 155 Å². The van der Waals surface area contributed by atoms with Crippen molar-refractivity contribution in [3.05, 3.63) is 35.4 Å². The lowest BCUT2D eigenvalue weighted by Crippen LogP contribution is -2.36. The number of halogens is 4. The zero-order valence-corrected chi connectivity index (χ0v) is 15.8. The standard InChI is InChI=1S/C15H20F3N3S.HI/c16-15(17,18)13-5-1-3-11(7-13)8-20-14(19)21-9-12-4-2-6-22-10-12;/h1,3,5,7,12H,2,4,6,8-10H2,(H3,19,20,21);1H. The summed E-state index contributed by atoms with van der Waals surface area (Å²) in [4.78, 5) is 4.11. The van der Waals surface area contributed by atoms with E-state index in [1.54, 1.807) is 6.07 Å². The third kappa shape index (κ3) is 7.19. The predicted octanol–water partition coefficient (Wildman–Crippen LogP) is 3.87. The van der Waals surface area contributed by atoms with Crippen molar-refractivity contribution >= 4 is 41.7 Å². The molecule has 1 aromatic carbocycles. The maximum Gasteiger partial charge on any atom is 0.416 e. The van der Waals surface area contributed by atoms with Gasteiger partial charge in [-0.1, -0.05) is 12.1 Å². The highest BCUT2D eigenvalue weighted by Gasteiger charge is 2.30. The third-order valence-electron chi connectivity index (χ3n) is 3.51. The molecule has 3 nitrogen and oxygen atoms in total. The Morgan fingerprint density at radius 3 is 2.83 bits per heavy atom. The summed E-state index contributed by atoms with van der Waals surface area (Å²) in [7, 11) is 0. The molecule has 0 aliphatic carbocycles. The Kier molecular flexibility index (Phi) is 8.52. The fourth-order valence-electron chi connectivity index (χ4n) is 2.30. The summed E-state index contributed by atoms with van der Waals surface area (Å²) in [6, 6.07) is 5.16. The normalized spacial score (nSPS) is 19.1. The van der Waals surface area contributed by atoms with Crippen LogP contribution < -0.4 is 11.1 Å². The summed E-state index contributed by atoms with van der Waals surface area (Å²) in [5.41, 5.74) is 5.60. The van der Waals surface area contributed by atoms with Crippen LogP contribution in [0, 0.1) is 5.92 Å². The van der Waals surface area contributed by atoms with Crippen molar-refractivity contribution in [2.75, 3.05) is 18.1 Å². The van der Waals surface area contributed by atoms with Crippen molar-refractivity contribution in [3.63, 3.8) is 0 Å². The largest absolute Gasteiger partial charge is 0.416 e. The number of nitrogens with zero attached hydrogens (tertiary/aromatic N) is 1. The maximum absolute atomic E-state index is 12.6. The molecule has 0 bridgehead atoms. The number of rotatable bonds is 4. The number of guanidine groups is 1. The molecule has 1 heterocycles. The summed E-state index contributed by atoms with van der Waals surface area (Å²) in [5.74, 6) is 3.21. The monoisotopic (exact) mass is 459 g/mol. The molecule has 1 aliphatic rings. The first-order chi connectivity index (χ1) is 10.4. The van der Waals surface area contributed by atoms with Crippen LogP contribution in [0.5, 0.6) is 0 Å². The zero-order valence-electron chi connectivity index (χ0n) is 12.6. The van der Waals surface area contributed by atoms with Gasteiger partial charge in [0, 0.05) is 6.54 Å². The molecule has 8 heteroatoms. The van der Waals surface area contributed by atoms with Crippen molar-refractivity contribution in [2.45, 2.75) is 25.6 Å². The minimum atomic E-state index is -4.33. The molecule has 0 amide bonds. The van der Waals surface area contributed by atoms with E-state index < -0.39 is 11.7 Å². The van der Waals surface area contributed by atoms with Gasteiger partial charge in [-0.2, -0.15) is 24.9 Å². The van der Waals surface area contributed by atoms with Gasteiger partial charge in [-0.3, -0.25) is 0 Å². The van der Waals surface area contributed by atoms with Crippen LogP contribution in [0.25, 0.3) is 0 Å². The number of nitrogens with one attached hydrogen (secondary N) is 1. The SMILES string of the molecule is I.NC(=NCc1cccc(C(F)(F)F)c1)NCC1CCCSC1. The van der Waals surface area contributed by atoms with E-state index in [2.05, 4.69) is 10.3 Å².